The van der Waals surface area contributed by atoms with E-state index in [1.807, 2.05) is 0 Å². The number of nitrogens with one attached hydrogen (secondary N) is 1. The van der Waals surface area contributed by atoms with Gasteiger partial charge in [0.1, 0.15) is 0 Å². The molecule has 0 radical (unpaired) electrons. The number of benzene rings is 2. The van der Waals surface area contributed by atoms with E-state index >= 15 is 0 Å². The number of amides is 1. The first-order valence-corrected chi connectivity index (χ1v) is 8.66. The third-order valence-electron chi connectivity index (χ3n) is 3.38. The van der Waals surface area contributed by atoms with Crippen molar-refractivity contribution in [1.29, 1.82) is 0 Å². The van der Waals surface area contributed by atoms with Crippen LogP contribution in [0.25, 0.3) is 0 Å². The maximum Gasteiger partial charge on any atom is 0.269 e. The maximum atomic E-state index is 12.2. The van der Waals surface area contributed by atoms with Gasteiger partial charge in [-0.3, -0.25) is 14.9 Å². The van der Waals surface area contributed by atoms with Crippen LogP contribution in [0.3, 0.4) is 0 Å². The first-order chi connectivity index (χ1) is 11.2. The van der Waals surface area contributed by atoms with Gasteiger partial charge in [0.15, 0.2) is 9.84 Å². The molecule has 1 N–H and O–H groups in total. The Morgan fingerprint density at radius 2 is 1.75 bits per heavy atom. The van der Waals surface area contributed by atoms with Gasteiger partial charge in [-0.1, -0.05) is 6.07 Å². The van der Waals surface area contributed by atoms with Crippen molar-refractivity contribution in [2.45, 2.75) is 24.0 Å². The van der Waals surface area contributed by atoms with Crippen LogP contribution in [0.2, 0.25) is 0 Å². The lowest BCUT2D eigenvalue weighted by atomic mass is 10.2. The predicted octanol–water partition coefficient (Wildman–Crippen LogP) is 3.03. The second kappa shape index (κ2) is 6.79. The average Bonchev–Trinajstić information content (AvgIpc) is 2.55. The summed E-state index contributed by atoms with van der Waals surface area (Å²) in [5.74, 6) is -0.496. The zero-order valence-electron chi connectivity index (χ0n) is 13.1. The standard InChI is InChI=1S/C16H16N2O5S/c1-11(2)24(22,23)15-5-3-4-12(10-15)16(19)17-13-6-8-14(9-7-13)18(20)21/h3-11H,1-2H3,(H,17,19). The normalized spacial score (nSPS) is 11.3. The molecular weight excluding hydrogens is 332 g/mol. The molecule has 0 aliphatic rings. The Labute approximate surface area is 139 Å². The summed E-state index contributed by atoms with van der Waals surface area (Å²) in [6, 6.07) is 11.1. The zero-order chi connectivity index (χ0) is 17.9. The Hall–Kier alpha value is -2.74. The molecule has 0 bridgehead atoms. The highest BCUT2D eigenvalue weighted by molar-refractivity contribution is 7.92. The molecule has 8 heteroatoms. The summed E-state index contributed by atoms with van der Waals surface area (Å²) < 4.78 is 24.3. The number of nitro groups is 1. The lowest BCUT2D eigenvalue weighted by Crippen LogP contribution is -2.16. The van der Waals surface area contributed by atoms with E-state index in [2.05, 4.69) is 5.32 Å². The average molecular weight is 348 g/mol. The molecule has 0 aromatic heterocycles. The molecule has 24 heavy (non-hydrogen) atoms. The number of sulfone groups is 1. The van der Waals surface area contributed by atoms with E-state index in [-0.39, 0.29) is 16.1 Å². The van der Waals surface area contributed by atoms with E-state index in [9.17, 15) is 23.3 Å². The largest absolute Gasteiger partial charge is 0.322 e. The zero-order valence-corrected chi connectivity index (χ0v) is 13.9. The second-order valence-electron chi connectivity index (χ2n) is 5.38. The maximum absolute atomic E-state index is 12.2. The smallest absolute Gasteiger partial charge is 0.269 e. The van der Waals surface area contributed by atoms with Crippen LogP contribution in [0.1, 0.15) is 24.2 Å². The number of anilines is 1. The van der Waals surface area contributed by atoms with E-state index in [0.29, 0.717) is 5.69 Å². The molecular formula is C16H16N2O5S. The molecule has 0 spiro atoms. The quantitative estimate of drug-likeness (QED) is 0.660. The van der Waals surface area contributed by atoms with E-state index in [0.717, 1.165) is 0 Å². The Balaban J connectivity index is 2.23. The van der Waals surface area contributed by atoms with Crippen molar-refractivity contribution in [2.75, 3.05) is 5.32 Å². The highest BCUT2D eigenvalue weighted by atomic mass is 32.2. The van der Waals surface area contributed by atoms with Gasteiger partial charge in [0.05, 0.1) is 15.1 Å². The van der Waals surface area contributed by atoms with E-state index in [1.165, 1.54) is 48.5 Å². The number of carbonyl (C=O) groups is 1. The molecule has 7 nitrogen and oxygen atoms in total. The van der Waals surface area contributed by atoms with Crippen LogP contribution in [0.5, 0.6) is 0 Å². The van der Waals surface area contributed by atoms with Gasteiger partial charge in [0, 0.05) is 23.4 Å². The predicted molar refractivity (Wildman–Crippen MR) is 89.8 cm³/mol. The molecule has 0 saturated heterocycles. The Morgan fingerprint density at radius 1 is 1.12 bits per heavy atom. The second-order valence-corrected chi connectivity index (χ2v) is 7.88. The lowest BCUT2D eigenvalue weighted by molar-refractivity contribution is -0.384. The van der Waals surface area contributed by atoms with Crippen molar-refractivity contribution in [2.24, 2.45) is 0 Å². The number of hydrogen-bond acceptors (Lipinski definition) is 5. The molecule has 0 atom stereocenters. The molecule has 0 fully saturated rings. The molecule has 2 aromatic rings. The fraction of sp³-hybridized carbons (Fsp3) is 0.188. The first-order valence-electron chi connectivity index (χ1n) is 7.11. The number of nitro benzene ring substituents is 1. The Bertz CT molecular complexity index is 874. The van der Waals surface area contributed by atoms with E-state index in [1.54, 1.807) is 13.8 Å². The third kappa shape index (κ3) is 3.77. The van der Waals surface area contributed by atoms with E-state index in [4.69, 9.17) is 0 Å². The summed E-state index contributed by atoms with van der Waals surface area (Å²) >= 11 is 0. The number of rotatable bonds is 5. The first kappa shape index (κ1) is 17.6. The minimum absolute atomic E-state index is 0.0776. The Morgan fingerprint density at radius 3 is 2.29 bits per heavy atom. The molecule has 0 aliphatic heterocycles. The third-order valence-corrected chi connectivity index (χ3v) is 5.53. The van der Waals surface area contributed by atoms with Gasteiger partial charge in [-0.05, 0) is 44.2 Å². The summed E-state index contributed by atoms with van der Waals surface area (Å²) in [6.07, 6.45) is 0. The van der Waals surface area contributed by atoms with Gasteiger partial charge in [-0.2, -0.15) is 0 Å². The van der Waals surface area contributed by atoms with Gasteiger partial charge in [0.2, 0.25) is 0 Å². The fourth-order valence-electron chi connectivity index (χ4n) is 1.96. The summed E-state index contributed by atoms with van der Waals surface area (Å²) in [7, 11) is -3.48. The van der Waals surface area contributed by atoms with Crippen LogP contribution in [-0.4, -0.2) is 24.5 Å². The number of non-ortho nitro benzene ring substituents is 1. The van der Waals surface area contributed by atoms with Crippen molar-refractivity contribution in [3.8, 4) is 0 Å². The topological polar surface area (TPSA) is 106 Å². The van der Waals surface area contributed by atoms with Crippen LogP contribution in [-0.2, 0) is 9.84 Å². The number of hydrogen-bond donors (Lipinski definition) is 1. The molecule has 0 saturated carbocycles. The van der Waals surface area contributed by atoms with Crippen LogP contribution in [0.4, 0.5) is 11.4 Å². The van der Waals surface area contributed by atoms with Crippen LogP contribution in [0, 0.1) is 10.1 Å². The van der Waals surface area contributed by atoms with Gasteiger partial charge >= 0.3 is 0 Å². The molecule has 0 heterocycles. The molecule has 2 rings (SSSR count). The molecule has 2 aromatic carbocycles. The van der Waals surface area contributed by atoms with Gasteiger partial charge < -0.3 is 5.32 Å². The summed E-state index contributed by atoms with van der Waals surface area (Å²) in [6.45, 7) is 3.14. The summed E-state index contributed by atoms with van der Waals surface area (Å²) in [4.78, 5) is 22.4. The summed E-state index contributed by atoms with van der Waals surface area (Å²) in [5.41, 5.74) is 0.482. The summed E-state index contributed by atoms with van der Waals surface area (Å²) in [5, 5.41) is 12.6. The van der Waals surface area contributed by atoms with Crippen molar-refractivity contribution >= 4 is 27.1 Å². The SMILES string of the molecule is CC(C)S(=O)(=O)c1cccc(C(=O)Nc2ccc([N+](=O)[O-])cc2)c1. The van der Waals surface area contributed by atoms with Crippen LogP contribution >= 0.6 is 0 Å². The number of carbonyl (C=O) groups excluding carboxylic acids is 1. The minimum atomic E-state index is -3.48. The van der Waals surface area contributed by atoms with Crippen LogP contribution in [0.15, 0.2) is 53.4 Å². The molecule has 126 valence electrons. The highest BCUT2D eigenvalue weighted by Gasteiger charge is 2.20. The highest BCUT2D eigenvalue weighted by Crippen LogP contribution is 2.19. The fourth-order valence-corrected chi connectivity index (χ4v) is 3.06. The van der Waals surface area contributed by atoms with Gasteiger partial charge in [0.25, 0.3) is 11.6 Å². The lowest BCUT2D eigenvalue weighted by Gasteiger charge is -2.10. The van der Waals surface area contributed by atoms with Gasteiger partial charge in [-0.25, -0.2) is 8.42 Å². The molecule has 0 unspecified atom stereocenters. The molecule has 0 aliphatic carbocycles. The number of nitrogens with zero attached hydrogens (tertiary/aromatic N) is 1. The van der Waals surface area contributed by atoms with Crippen molar-refractivity contribution in [1.82, 2.24) is 0 Å². The van der Waals surface area contributed by atoms with Crippen LogP contribution < -0.4 is 5.32 Å². The van der Waals surface area contributed by atoms with Crippen molar-refractivity contribution in [3.05, 3.63) is 64.2 Å². The minimum Gasteiger partial charge on any atom is -0.322 e. The Kier molecular flexibility index (Phi) is 4.99. The van der Waals surface area contributed by atoms with Crippen molar-refractivity contribution < 1.29 is 18.1 Å². The monoisotopic (exact) mass is 348 g/mol. The van der Waals surface area contributed by atoms with Gasteiger partial charge in [-0.15, -0.1) is 0 Å². The van der Waals surface area contributed by atoms with Crippen molar-refractivity contribution in [3.63, 3.8) is 0 Å². The van der Waals surface area contributed by atoms with E-state index < -0.39 is 25.9 Å². The molecule has 1 amide bonds.